The summed E-state index contributed by atoms with van der Waals surface area (Å²) in [4.78, 5) is 23.1. The van der Waals surface area contributed by atoms with Crippen LogP contribution in [0.25, 0.3) is 0 Å². The molecule has 0 fully saturated rings. The number of hydrogen-bond acceptors (Lipinski definition) is 3. The summed E-state index contributed by atoms with van der Waals surface area (Å²) in [5.41, 5.74) is 0.862. The largest absolute Gasteiger partial charge is 0.492 e. The topological polar surface area (TPSA) is 75.6 Å². The second kappa shape index (κ2) is 7.65. The van der Waals surface area contributed by atoms with Crippen molar-refractivity contribution in [2.45, 2.75) is 13.3 Å². The summed E-state index contributed by atoms with van der Waals surface area (Å²) >= 11 is 6.10. The number of carboxylic acids is 1. The first kappa shape index (κ1) is 16.8. The third kappa shape index (κ3) is 4.47. The van der Waals surface area contributed by atoms with Crippen LogP contribution in [0.2, 0.25) is 5.02 Å². The predicted octanol–water partition coefficient (Wildman–Crippen LogP) is 4.08. The van der Waals surface area contributed by atoms with Crippen molar-refractivity contribution in [3.63, 3.8) is 0 Å². The Morgan fingerprint density at radius 1 is 1.17 bits per heavy atom. The second-order valence-electron chi connectivity index (χ2n) is 4.83. The van der Waals surface area contributed by atoms with E-state index in [4.69, 9.17) is 21.4 Å². The van der Waals surface area contributed by atoms with Gasteiger partial charge in [-0.2, -0.15) is 0 Å². The number of halogens is 1. The van der Waals surface area contributed by atoms with Crippen LogP contribution in [0.1, 0.15) is 34.1 Å². The molecule has 120 valence electrons. The number of ether oxygens (including phenoxy) is 1. The molecule has 0 spiro atoms. The third-order valence-electron chi connectivity index (χ3n) is 3.02. The first-order valence-electron chi connectivity index (χ1n) is 7.08. The minimum atomic E-state index is -1.05. The van der Waals surface area contributed by atoms with Gasteiger partial charge in [-0.05, 0) is 42.8 Å². The Kier molecular flexibility index (Phi) is 5.60. The zero-order valence-electron chi connectivity index (χ0n) is 12.5. The van der Waals surface area contributed by atoms with Crippen LogP contribution in [-0.2, 0) is 0 Å². The quantitative estimate of drug-likeness (QED) is 0.835. The zero-order valence-corrected chi connectivity index (χ0v) is 13.3. The summed E-state index contributed by atoms with van der Waals surface area (Å²) in [5, 5.41) is 11.9. The fraction of sp³-hybridized carbons (Fsp3) is 0.176. The molecule has 2 N–H and O–H groups in total. The minimum Gasteiger partial charge on any atom is -0.492 e. The molecule has 0 aromatic heterocycles. The fourth-order valence-electron chi connectivity index (χ4n) is 1.90. The highest BCUT2D eigenvalue weighted by Crippen LogP contribution is 2.26. The van der Waals surface area contributed by atoms with Gasteiger partial charge in [0, 0.05) is 11.3 Å². The van der Waals surface area contributed by atoms with Crippen LogP contribution in [0.15, 0.2) is 42.5 Å². The van der Waals surface area contributed by atoms with Crippen LogP contribution < -0.4 is 10.1 Å². The Bertz CT molecular complexity index is 730. The molecule has 6 heteroatoms. The SMILES string of the molecule is CCCOc1ccc(C(=O)Nc2cccc(C(=O)O)c2)cc1Cl. The Balaban J connectivity index is 2.13. The highest BCUT2D eigenvalue weighted by Gasteiger charge is 2.11. The van der Waals surface area contributed by atoms with Crippen molar-refractivity contribution >= 4 is 29.2 Å². The Hall–Kier alpha value is -2.53. The summed E-state index contributed by atoms with van der Waals surface area (Å²) in [6, 6.07) is 10.8. The van der Waals surface area contributed by atoms with Crippen LogP contribution in [0.3, 0.4) is 0 Å². The van der Waals surface area contributed by atoms with Gasteiger partial charge in [-0.15, -0.1) is 0 Å². The van der Waals surface area contributed by atoms with Gasteiger partial charge in [0.15, 0.2) is 0 Å². The molecule has 0 aliphatic rings. The minimum absolute atomic E-state index is 0.101. The summed E-state index contributed by atoms with van der Waals surface area (Å²) in [6.07, 6.45) is 0.860. The van der Waals surface area contributed by atoms with E-state index >= 15 is 0 Å². The Labute approximate surface area is 138 Å². The molecule has 0 atom stereocenters. The van der Waals surface area contributed by atoms with Gasteiger partial charge >= 0.3 is 5.97 Å². The number of aromatic carboxylic acids is 1. The van der Waals surface area contributed by atoms with Crippen molar-refractivity contribution in [1.29, 1.82) is 0 Å². The molecule has 0 bridgehead atoms. The van der Waals surface area contributed by atoms with Gasteiger partial charge in [0.25, 0.3) is 5.91 Å². The number of carbonyl (C=O) groups excluding carboxylic acids is 1. The molecule has 0 heterocycles. The normalized spacial score (nSPS) is 10.2. The number of nitrogens with one attached hydrogen (secondary N) is 1. The van der Waals surface area contributed by atoms with Gasteiger partial charge in [-0.25, -0.2) is 4.79 Å². The summed E-state index contributed by atoms with van der Waals surface area (Å²) in [6.45, 7) is 2.54. The first-order valence-corrected chi connectivity index (χ1v) is 7.46. The average molecular weight is 334 g/mol. The van der Waals surface area contributed by atoms with Crippen molar-refractivity contribution in [3.05, 3.63) is 58.6 Å². The molecular weight excluding hydrogens is 318 g/mol. The van der Waals surface area contributed by atoms with Gasteiger partial charge in [0.1, 0.15) is 5.75 Å². The summed E-state index contributed by atoms with van der Waals surface area (Å²) < 4.78 is 5.45. The van der Waals surface area contributed by atoms with E-state index in [0.29, 0.717) is 28.6 Å². The van der Waals surface area contributed by atoms with E-state index in [1.54, 1.807) is 24.3 Å². The highest BCUT2D eigenvalue weighted by molar-refractivity contribution is 6.32. The van der Waals surface area contributed by atoms with Crippen LogP contribution in [0.4, 0.5) is 5.69 Å². The second-order valence-corrected chi connectivity index (χ2v) is 5.24. The van der Waals surface area contributed by atoms with E-state index in [0.717, 1.165) is 6.42 Å². The molecule has 0 unspecified atom stereocenters. The Morgan fingerprint density at radius 3 is 2.61 bits per heavy atom. The smallest absolute Gasteiger partial charge is 0.335 e. The fourth-order valence-corrected chi connectivity index (χ4v) is 2.14. The number of carbonyl (C=O) groups is 2. The zero-order chi connectivity index (χ0) is 16.8. The van der Waals surface area contributed by atoms with E-state index in [-0.39, 0.29) is 11.5 Å². The van der Waals surface area contributed by atoms with E-state index in [9.17, 15) is 9.59 Å². The monoisotopic (exact) mass is 333 g/mol. The van der Waals surface area contributed by atoms with Gasteiger partial charge in [0.2, 0.25) is 0 Å². The lowest BCUT2D eigenvalue weighted by Crippen LogP contribution is -2.12. The number of carboxylic acid groups (broad SMARTS) is 1. The number of anilines is 1. The van der Waals surface area contributed by atoms with E-state index in [2.05, 4.69) is 5.32 Å². The first-order chi connectivity index (χ1) is 11.0. The molecule has 0 radical (unpaired) electrons. The molecule has 0 saturated carbocycles. The number of amides is 1. The molecule has 2 aromatic carbocycles. The lowest BCUT2D eigenvalue weighted by Gasteiger charge is -2.09. The van der Waals surface area contributed by atoms with Crippen LogP contribution in [0, 0.1) is 0 Å². The lowest BCUT2D eigenvalue weighted by molar-refractivity contribution is 0.0696. The van der Waals surface area contributed by atoms with Crippen molar-refractivity contribution in [3.8, 4) is 5.75 Å². The van der Waals surface area contributed by atoms with Crippen molar-refractivity contribution < 1.29 is 19.4 Å². The van der Waals surface area contributed by atoms with Crippen molar-refractivity contribution in [2.75, 3.05) is 11.9 Å². The van der Waals surface area contributed by atoms with Gasteiger partial charge in [-0.1, -0.05) is 24.6 Å². The number of rotatable bonds is 6. The molecule has 0 aliphatic heterocycles. The lowest BCUT2D eigenvalue weighted by atomic mass is 10.1. The maximum absolute atomic E-state index is 12.2. The van der Waals surface area contributed by atoms with E-state index in [1.165, 1.54) is 18.2 Å². The molecule has 2 rings (SSSR count). The highest BCUT2D eigenvalue weighted by atomic mass is 35.5. The maximum atomic E-state index is 12.2. The molecule has 23 heavy (non-hydrogen) atoms. The number of benzene rings is 2. The Morgan fingerprint density at radius 2 is 1.96 bits per heavy atom. The molecule has 1 amide bonds. The molecule has 0 aliphatic carbocycles. The molecule has 5 nitrogen and oxygen atoms in total. The van der Waals surface area contributed by atoms with Crippen LogP contribution >= 0.6 is 11.6 Å². The maximum Gasteiger partial charge on any atom is 0.335 e. The molecular formula is C17H16ClNO4. The van der Waals surface area contributed by atoms with E-state index < -0.39 is 5.97 Å². The van der Waals surface area contributed by atoms with Gasteiger partial charge < -0.3 is 15.2 Å². The molecule has 2 aromatic rings. The van der Waals surface area contributed by atoms with Crippen molar-refractivity contribution in [1.82, 2.24) is 0 Å². The average Bonchev–Trinajstić information content (AvgIpc) is 2.53. The standard InChI is InChI=1S/C17H16ClNO4/c1-2-8-23-15-7-6-11(10-14(15)18)16(20)19-13-5-3-4-12(9-13)17(21)22/h3-7,9-10H,2,8H2,1H3,(H,19,20)(H,21,22). The summed E-state index contributed by atoms with van der Waals surface area (Å²) in [5.74, 6) is -0.906. The summed E-state index contributed by atoms with van der Waals surface area (Å²) in [7, 11) is 0. The van der Waals surface area contributed by atoms with Crippen molar-refractivity contribution in [2.24, 2.45) is 0 Å². The van der Waals surface area contributed by atoms with Gasteiger partial charge in [-0.3, -0.25) is 4.79 Å². The van der Waals surface area contributed by atoms with Crippen LogP contribution in [-0.4, -0.2) is 23.6 Å². The third-order valence-corrected chi connectivity index (χ3v) is 3.32. The predicted molar refractivity (Wildman–Crippen MR) is 88.6 cm³/mol. The van der Waals surface area contributed by atoms with Crippen LogP contribution in [0.5, 0.6) is 5.75 Å². The number of hydrogen-bond donors (Lipinski definition) is 2. The molecule has 0 saturated heterocycles. The van der Waals surface area contributed by atoms with Gasteiger partial charge in [0.05, 0.1) is 17.2 Å². The van der Waals surface area contributed by atoms with E-state index in [1.807, 2.05) is 6.92 Å².